The van der Waals surface area contributed by atoms with Crippen LogP contribution < -0.4 is 0 Å². The van der Waals surface area contributed by atoms with Crippen molar-refractivity contribution < 1.29 is 9.53 Å². The third-order valence-corrected chi connectivity index (χ3v) is 0.607. The van der Waals surface area contributed by atoms with E-state index in [0.29, 0.717) is 0 Å². The summed E-state index contributed by atoms with van der Waals surface area (Å²) in [5.41, 5.74) is 0.790. The van der Waals surface area contributed by atoms with E-state index in [1.165, 1.54) is 0 Å². The molecule has 0 heterocycles. The maximum atomic E-state index is 10.3. The Morgan fingerprint density at radius 2 is 2.25 bits per heavy atom. The molecule has 0 fully saturated rings. The summed E-state index contributed by atoms with van der Waals surface area (Å²) < 4.78 is 4.11. The fourth-order valence-electron chi connectivity index (χ4n) is 0.297. The standard InChI is InChI=1S/C6H9O2/c1-5(2)4-6(7)8-3/h1,3-4H2,2H3. The highest BCUT2D eigenvalue weighted by atomic mass is 16.5. The summed E-state index contributed by atoms with van der Waals surface area (Å²) in [6.45, 7) is 5.28. The summed E-state index contributed by atoms with van der Waals surface area (Å²) in [7, 11) is 2.95. The molecule has 8 heavy (non-hydrogen) atoms. The highest BCUT2D eigenvalue weighted by Crippen LogP contribution is 1.95. The van der Waals surface area contributed by atoms with Gasteiger partial charge in [-0.1, -0.05) is 12.2 Å². The molecule has 2 nitrogen and oxygen atoms in total. The van der Waals surface area contributed by atoms with Gasteiger partial charge in [-0.2, -0.15) is 0 Å². The van der Waals surface area contributed by atoms with Gasteiger partial charge in [0.1, 0.15) is 7.11 Å². The normalized spacial score (nSPS) is 8.25. The van der Waals surface area contributed by atoms with E-state index in [1.54, 1.807) is 6.92 Å². The van der Waals surface area contributed by atoms with E-state index in [4.69, 9.17) is 0 Å². The van der Waals surface area contributed by atoms with Crippen LogP contribution in [0.3, 0.4) is 0 Å². The molecule has 0 spiro atoms. The van der Waals surface area contributed by atoms with Crippen molar-refractivity contribution in [1.82, 2.24) is 0 Å². The molecule has 45 valence electrons. The Morgan fingerprint density at radius 1 is 1.75 bits per heavy atom. The molecule has 0 aromatic carbocycles. The summed E-state index contributed by atoms with van der Waals surface area (Å²) in [6.07, 6.45) is 0.267. The van der Waals surface area contributed by atoms with Gasteiger partial charge in [-0.05, 0) is 6.92 Å². The van der Waals surface area contributed by atoms with Crippen LogP contribution in [0.1, 0.15) is 13.3 Å². The second kappa shape index (κ2) is 3.24. The summed E-state index contributed by atoms with van der Waals surface area (Å²) in [6, 6.07) is 0. The van der Waals surface area contributed by atoms with Crippen molar-refractivity contribution in [3.05, 3.63) is 19.3 Å². The maximum Gasteiger partial charge on any atom is 0.310 e. The van der Waals surface area contributed by atoms with Gasteiger partial charge in [0, 0.05) is 0 Å². The van der Waals surface area contributed by atoms with Crippen LogP contribution >= 0.6 is 0 Å². The van der Waals surface area contributed by atoms with Crippen LogP contribution in [-0.4, -0.2) is 5.97 Å². The average molecular weight is 113 g/mol. The molecule has 0 saturated carbocycles. The molecule has 0 amide bonds. The Hall–Kier alpha value is -0.790. The molecule has 0 unspecified atom stereocenters. The number of ether oxygens (including phenoxy) is 1. The topological polar surface area (TPSA) is 26.3 Å². The fraction of sp³-hybridized carbons (Fsp3) is 0.333. The first-order valence-corrected chi connectivity index (χ1v) is 2.26. The number of rotatable bonds is 2. The lowest BCUT2D eigenvalue weighted by molar-refractivity contribution is -0.137. The van der Waals surface area contributed by atoms with E-state index >= 15 is 0 Å². The second-order valence-corrected chi connectivity index (χ2v) is 1.65. The highest BCUT2D eigenvalue weighted by molar-refractivity contribution is 5.72. The SMILES string of the molecule is [CH2]OC(=O)CC(=C)C. The predicted molar refractivity (Wildman–Crippen MR) is 30.9 cm³/mol. The average Bonchev–Trinajstić information content (AvgIpc) is 1.65. The van der Waals surface area contributed by atoms with E-state index < -0.39 is 0 Å². The minimum atomic E-state index is -0.336. The summed E-state index contributed by atoms with van der Waals surface area (Å²) in [5, 5.41) is 0. The lowest BCUT2D eigenvalue weighted by Gasteiger charge is -1.94. The van der Waals surface area contributed by atoms with E-state index in [9.17, 15) is 4.79 Å². The third kappa shape index (κ3) is 3.40. The predicted octanol–water partition coefficient (Wildman–Crippen LogP) is 1.29. The first-order chi connectivity index (χ1) is 3.66. The molecule has 0 aliphatic heterocycles. The maximum absolute atomic E-state index is 10.3. The first kappa shape index (κ1) is 7.21. The van der Waals surface area contributed by atoms with E-state index in [1.807, 2.05) is 0 Å². The third-order valence-electron chi connectivity index (χ3n) is 0.607. The van der Waals surface area contributed by atoms with Crippen LogP contribution in [0.2, 0.25) is 0 Å². The largest absolute Gasteiger partial charge is 0.462 e. The van der Waals surface area contributed by atoms with Crippen LogP contribution in [0, 0.1) is 7.11 Å². The zero-order chi connectivity index (χ0) is 6.57. The molecule has 0 rings (SSSR count). The molecular formula is C6H9O2. The highest BCUT2D eigenvalue weighted by Gasteiger charge is 1.96. The van der Waals surface area contributed by atoms with Gasteiger partial charge in [0.2, 0.25) is 0 Å². The Bertz CT molecular complexity index is 105. The van der Waals surface area contributed by atoms with Crippen molar-refractivity contribution in [2.24, 2.45) is 0 Å². The molecule has 0 saturated heterocycles. The van der Waals surface area contributed by atoms with Gasteiger partial charge in [-0.25, -0.2) is 0 Å². The zero-order valence-electron chi connectivity index (χ0n) is 4.94. The van der Waals surface area contributed by atoms with Gasteiger partial charge in [0.25, 0.3) is 0 Å². The van der Waals surface area contributed by atoms with Gasteiger partial charge in [0.15, 0.2) is 0 Å². The molecule has 0 aliphatic rings. The van der Waals surface area contributed by atoms with Gasteiger partial charge < -0.3 is 4.74 Å². The number of carbonyl (C=O) groups excluding carboxylic acids is 1. The summed E-state index contributed by atoms with van der Waals surface area (Å²) >= 11 is 0. The Morgan fingerprint density at radius 3 is 2.38 bits per heavy atom. The zero-order valence-corrected chi connectivity index (χ0v) is 4.94. The monoisotopic (exact) mass is 113 g/mol. The lowest BCUT2D eigenvalue weighted by Crippen LogP contribution is -1.97. The van der Waals surface area contributed by atoms with E-state index in [2.05, 4.69) is 18.4 Å². The molecule has 1 radical (unpaired) electrons. The van der Waals surface area contributed by atoms with Gasteiger partial charge in [-0.3, -0.25) is 4.79 Å². The van der Waals surface area contributed by atoms with Crippen LogP contribution in [0.5, 0.6) is 0 Å². The minimum Gasteiger partial charge on any atom is -0.462 e. The van der Waals surface area contributed by atoms with Gasteiger partial charge >= 0.3 is 5.97 Å². The number of esters is 1. The van der Waals surface area contributed by atoms with Crippen molar-refractivity contribution in [3.63, 3.8) is 0 Å². The number of hydrogen-bond donors (Lipinski definition) is 0. The van der Waals surface area contributed by atoms with Gasteiger partial charge in [0.05, 0.1) is 6.42 Å². The van der Waals surface area contributed by atoms with Crippen molar-refractivity contribution >= 4 is 5.97 Å². The fourth-order valence-corrected chi connectivity index (χ4v) is 0.297. The van der Waals surface area contributed by atoms with E-state index in [0.717, 1.165) is 5.57 Å². The number of hydrogen-bond acceptors (Lipinski definition) is 2. The van der Waals surface area contributed by atoms with Crippen molar-refractivity contribution in [3.8, 4) is 0 Å². The Balaban J connectivity index is 3.40. The number of carbonyl (C=O) groups is 1. The lowest BCUT2D eigenvalue weighted by atomic mass is 10.2. The quantitative estimate of drug-likeness (QED) is 0.398. The molecule has 0 aromatic rings. The molecular weight excluding hydrogens is 104 g/mol. The molecule has 0 bridgehead atoms. The van der Waals surface area contributed by atoms with Crippen molar-refractivity contribution in [2.75, 3.05) is 0 Å². The second-order valence-electron chi connectivity index (χ2n) is 1.65. The van der Waals surface area contributed by atoms with Crippen molar-refractivity contribution in [2.45, 2.75) is 13.3 Å². The first-order valence-electron chi connectivity index (χ1n) is 2.26. The van der Waals surface area contributed by atoms with Crippen LogP contribution in [0.25, 0.3) is 0 Å². The van der Waals surface area contributed by atoms with Crippen molar-refractivity contribution in [1.29, 1.82) is 0 Å². The molecule has 0 atom stereocenters. The van der Waals surface area contributed by atoms with Crippen LogP contribution in [0.15, 0.2) is 12.2 Å². The molecule has 0 aromatic heterocycles. The van der Waals surface area contributed by atoms with E-state index in [-0.39, 0.29) is 12.4 Å². The van der Waals surface area contributed by atoms with Gasteiger partial charge in [-0.15, -0.1) is 0 Å². The molecule has 2 heteroatoms. The van der Waals surface area contributed by atoms with Crippen LogP contribution in [0.4, 0.5) is 0 Å². The Kier molecular flexibility index (Phi) is 2.92. The Labute approximate surface area is 49.1 Å². The summed E-state index contributed by atoms with van der Waals surface area (Å²) in [5.74, 6) is -0.336. The molecule has 0 aliphatic carbocycles. The summed E-state index contributed by atoms with van der Waals surface area (Å²) in [4.78, 5) is 10.3. The smallest absolute Gasteiger partial charge is 0.310 e. The van der Waals surface area contributed by atoms with Crippen LogP contribution in [-0.2, 0) is 9.53 Å². The molecule has 0 N–H and O–H groups in total. The minimum absolute atomic E-state index is 0.267.